The van der Waals surface area contributed by atoms with Crippen LogP contribution in [0.3, 0.4) is 0 Å². The number of carbonyl (C=O) groups excluding carboxylic acids is 1. The van der Waals surface area contributed by atoms with Crippen LogP contribution in [0, 0.1) is 24.2 Å². The van der Waals surface area contributed by atoms with Crippen LogP contribution in [0.25, 0.3) is 20.7 Å². The van der Waals surface area contributed by atoms with Crippen LogP contribution >= 0.6 is 23.1 Å². The Morgan fingerprint density at radius 2 is 2.11 bits per heavy atom. The lowest BCUT2D eigenvalue weighted by Crippen LogP contribution is -2.47. The van der Waals surface area contributed by atoms with Crippen LogP contribution in [-0.4, -0.2) is 27.2 Å². The molecule has 1 atom stereocenters. The number of carbonyl (C=O) groups is 1. The molecule has 1 aliphatic rings. The Morgan fingerprint density at radius 3 is 2.79 bits per heavy atom. The van der Waals surface area contributed by atoms with Gasteiger partial charge in [0.1, 0.15) is 21.2 Å². The first kappa shape index (κ1) is 18.9. The van der Waals surface area contributed by atoms with Crippen LogP contribution in [0.5, 0.6) is 0 Å². The van der Waals surface area contributed by atoms with Gasteiger partial charge in [0, 0.05) is 10.3 Å². The molecule has 0 spiro atoms. The second kappa shape index (κ2) is 7.53. The molecule has 3 aromatic rings. The van der Waals surface area contributed by atoms with Crippen molar-refractivity contribution in [1.29, 1.82) is 5.26 Å². The van der Waals surface area contributed by atoms with Crippen molar-refractivity contribution in [2.75, 3.05) is 5.75 Å². The van der Waals surface area contributed by atoms with Crippen LogP contribution in [0.1, 0.15) is 25.6 Å². The molecule has 0 radical (unpaired) electrons. The zero-order chi connectivity index (χ0) is 19.7. The highest BCUT2D eigenvalue weighted by Crippen LogP contribution is 2.39. The zero-order valence-electron chi connectivity index (χ0n) is 15.7. The van der Waals surface area contributed by atoms with Gasteiger partial charge in [0.05, 0.1) is 11.8 Å². The number of aromatic nitrogens is 2. The van der Waals surface area contributed by atoms with Gasteiger partial charge in [-0.1, -0.05) is 42.1 Å². The molecule has 1 amide bonds. The third kappa shape index (κ3) is 3.89. The molecule has 7 heteroatoms. The number of rotatable bonds is 6. The van der Waals surface area contributed by atoms with Gasteiger partial charge in [0.25, 0.3) is 0 Å². The van der Waals surface area contributed by atoms with E-state index in [4.69, 9.17) is 0 Å². The predicted octanol–water partition coefficient (Wildman–Crippen LogP) is 4.57. The molecule has 1 saturated carbocycles. The van der Waals surface area contributed by atoms with Crippen molar-refractivity contribution in [3.63, 3.8) is 0 Å². The summed E-state index contributed by atoms with van der Waals surface area (Å²) in [5, 5.41) is 14.1. The normalized spacial score (nSPS) is 15.8. The summed E-state index contributed by atoms with van der Waals surface area (Å²) in [6.45, 7) is 3.68. The second-order valence-corrected chi connectivity index (χ2v) is 9.19. The van der Waals surface area contributed by atoms with Crippen molar-refractivity contribution < 1.29 is 4.79 Å². The van der Waals surface area contributed by atoms with E-state index in [9.17, 15) is 10.1 Å². The summed E-state index contributed by atoms with van der Waals surface area (Å²) < 4.78 is 0. The molecule has 0 saturated heterocycles. The topological polar surface area (TPSA) is 78.7 Å². The highest BCUT2D eigenvalue weighted by atomic mass is 32.2. The Labute approximate surface area is 172 Å². The molecule has 28 heavy (non-hydrogen) atoms. The maximum absolute atomic E-state index is 12.4. The molecule has 0 unspecified atom stereocenters. The standard InChI is InChI=1S/C21H20N4OS2/c1-13-23-19(27-11-18(26)25-21(2,12-22)15-8-9-15)16-10-17(28-20(16)24-13)14-6-4-3-5-7-14/h3-7,10,15H,8-9,11H2,1-2H3,(H,25,26)/t21-/m0/s1. The summed E-state index contributed by atoms with van der Waals surface area (Å²) in [7, 11) is 0. The van der Waals surface area contributed by atoms with Crippen LogP contribution in [-0.2, 0) is 4.79 Å². The summed E-state index contributed by atoms with van der Waals surface area (Å²) >= 11 is 3.03. The SMILES string of the molecule is Cc1nc(SCC(=O)N[C@@](C)(C#N)C2CC2)c2cc(-c3ccccc3)sc2n1. The maximum Gasteiger partial charge on any atom is 0.231 e. The number of thiophene rings is 1. The molecule has 1 aliphatic carbocycles. The summed E-state index contributed by atoms with van der Waals surface area (Å²) in [6.07, 6.45) is 2.00. The molecular formula is C21H20N4OS2. The molecule has 142 valence electrons. The van der Waals surface area contributed by atoms with Crippen molar-refractivity contribution in [1.82, 2.24) is 15.3 Å². The number of aryl methyl sites for hydroxylation is 1. The first-order chi connectivity index (χ1) is 13.5. The third-order valence-corrected chi connectivity index (χ3v) is 6.96. The minimum Gasteiger partial charge on any atom is -0.337 e. The first-order valence-corrected chi connectivity index (χ1v) is 11.0. The van der Waals surface area contributed by atoms with Gasteiger partial charge in [-0.25, -0.2) is 9.97 Å². The van der Waals surface area contributed by atoms with Gasteiger partial charge in [0.15, 0.2) is 0 Å². The van der Waals surface area contributed by atoms with Gasteiger partial charge >= 0.3 is 0 Å². The van der Waals surface area contributed by atoms with Crippen LogP contribution in [0.15, 0.2) is 41.4 Å². The molecule has 2 aromatic heterocycles. The van der Waals surface area contributed by atoms with E-state index in [2.05, 4.69) is 39.6 Å². The van der Waals surface area contributed by atoms with Crippen molar-refractivity contribution in [2.45, 2.75) is 37.3 Å². The average molecular weight is 409 g/mol. The molecule has 1 aromatic carbocycles. The van der Waals surface area contributed by atoms with E-state index in [1.54, 1.807) is 11.3 Å². The number of hydrogen-bond donors (Lipinski definition) is 1. The summed E-state index contributed by atoms with van der Waals surface area (Å²) in [4.78, 5) is 23.6. The lowest BCUT2D eigenvalue weighted by Gasteiger charge is -2.22. The number of nitriles is 1. The highest BCUT2D eigenvalue weighted by Gasteiger charge is 2.42. The van der Waals surface area contributed by atoms with Crippen molar-refractivity contribution >= 4 is 39.2 Å². The van der Waals surface area contributed by atoms with Crippen LogP contribution in [0.2, 0.25) is 0 Å². The summed E-state index contributed by atoms with van der Waals surface area (Å²) in [6, 6.07) is 14.5. The third-order valence-electron chi connectivity index (χ3n) is 4.89. The Balaban J connectivity index is 1.54. The lowest BCUT2D eigenvalue weighted by molar-refractivity contribution is -0.119. The van der Waals surface area contributed by atoms with E-state index in [0.717, 1.165) is 38.5 Å². The van der Waals surface area contributed by atoms with Crippen molar-refractivity contribution in [3.8, 4) is 16.5 Å². The smallest absolute Gasteiger partial charge is 0.231 e. The zero-order valence-corrected chi connectivity index (χ0v) is 17.4. The number of thioether (sulfide) groups is 1. The Hall–Kier alpha value is -2.43. The molecule has 4 rings (SSSR count). The number of amides is 1. The van der Waals surface area contributed by atoms with E-state index in [1.165, 1.54) is 11.8 Å². The van der Waals surface area contributed by atoms with Gasteiger partial charge in [-0.15, -0.1) is 11.3 Å². The number of fused-ring (bicyclic) bond motifs is 1. The van der Waals surface area contributed by atoms with Crippen LogP contribution < -0.4 is 5.32 Å². The molecule has 0 bridgehead atoms. The molecular weight excluding hydrogens is 388 g/mol. The van der Waals surface area contributed by atoms with Gasteiger partial charge < -0.3 is 5.32 Å². The fourth-order valence-corrected chi connectivity index (χ4v) is 5.19. The van der Waals surface area contributed by atoms with Gasteiger partial charge in [0.2, 0.25) is 5.91 Å². The van der Waals surface area contributed by atoms with Gasteiger partial charge in [-0.3, -0.25) is 4.79 Å². The number of nitrogens with one attached hydrogen (secondary N) is 1. The average Bonchev–Trinajstić information content (AvgIpc) is 3.47. The quantitative estimate of drug-likeness (QED) is 0.477. The molecule has 0 aliphatic heterocycles. The molecule has 2 heterocycles. The molecule has 5 nitrogen and oxygen atoms in total. The summed E-state index contributed by atoms with van der Waals surface area (Å²) in [5.74, 6) is 1.05. The van der Waals surface area contributed by atoms with Crippen molar-refractivity contribution in [3.05, 3.63) is 42.2 Å². The monoisotopic (exact) mass is 408 g/mol. The van der Waals surface area contributed by atoms with E-state index < -0.39 is 5.54 Å². The highest BCUT2D eigenvalue weighted by molar-refractivity contribution is 8.00. The van der Waals surface area contributed by atoms with E-state index in [-0.39, 0.29) is 17.6 Å². The van der Waals surface area contributed by atoms with Crippen molar-refractivity contribution in [2.24, 2.45) is 5.92 Å². The Kier molecular flexibility index (Phi) is 5.09. The Morgan fingerprint density at radius 1 is 1.36 bits per heavy atom. The maximum atomic E-state index is 12.4. The number of nitrogens with zero attached hydrogens (tertiary/aromatic N) is 3. The van der Waals surface area contributed by atoms with E-state index in [1.807, 2.05) is 32.0 Å². The lowest BCUT2D eigenvalue weighted by atomic mass is 9.98. The van der Waals surface area contributed by atoms with Crippen LogP contribution in [0.4, 0.5) is 0 Å². The number of hydrogen-bond acceptors (Lipinski definition) is 6. The predicted molar refractivity (Wildman–Crippen MR) is 113 cm³/mol. The molecule has 1 N–H and O–H groups in total. The first-order valence-electron chi connectivity index (χ1n) is 9.17. The minimum absolute atomic E-state index is 0.135. The number of benzene rings is 1. The second-order valence-electron chi connectivity index (χ2n) is 7.20. The van der Waals surface area contributed by atoms with Gasteiger partial charge in [-0.2, -0.15) is 5.26 Å². The Bertz CT molecular complexity index is 1070. The largest absolute Gasteiger partial charge is 0.337 e. The fraction of sp³-hybridized carbons (Fsp3) is 0.333. The molecule has 1 fully saturated rings. The van der Waals surface area contributed by atoms with E-state index >= 15 is 0 Å². The minimum atomic E-state index is -0.766. The van der Waals surface area contributed by atoms with Gasteiger partial charge in [-0.05, 0) is 44.2 Å². The van der Waals surface area contributed by atoms with E-state index in [0.29, 0.717) is 5.82 Å². The fourth-order valence-electron chi connectivity index (χ4n) is 3.19. The summed E-state index contributed by atoms with van der Waals surface area (Å²) in [5.41, 5.74) is 0.378.